The van der Waals surface area contributed by atoms with E-state index in [9.17, 15) is 8.42 Å². The molecular weight excluding hydrogens is 352 g/mol. The molecule has 2 aromatic heterocycles. The number of hydrogen-bond acceptors (Lipinski definition) is 7. The number of halogens is 1. The summed E-state index contributed by atoms with van der Waals surface area (Å²) in [4.78, 5) is 3.77. The average molecular weight is 365 g/mol. The second kappa shape index (κ2) is 6.48. The van der Waals surface area contributed by atoms with Crippen LogP contribution in [0.5, 0.6) is 0 Å². The summed E-state index contributed by atoms with van der Waals surface area (Å²) in [5, 5.41) is 6.57. The van der Waals surface area contributed by atoms with E-state index in [1.165, 1.54) is 6.07 Å². The van der Waals surface area contributed by atoms with E-state index in [0.29, 0.717) is 12.3 Å². The first-order valence-corrected chi connectivity index (χ1v) is 8.04. The topological polar surface area (TPSA) is 110 Å². The third kappa shape index (κ3) is 3.66. The number of sulfonamides is 1. The van der Waals surface area contributed by atoms with Gasteiger partial charge in [0.1, 0.15) is 10.7 Å². The van der Waals surface area contributed by atoms with Crippen LogP contribution in [-0.2, 0) is 23.1 Å². The van der Waals surface area contributed by atoms with E-state index in [1.807, 2.05) is 6.92 Å². The molecule has 0 aliphatic carbocycles. The Hall–Kier alpha value is -1.23. The van der Waals surface area contributed by atoms with Crippen molar-refractivity contribution in [2.24, 2.45) is 0 Å². The molecule has 8 nitrogen and oxygen atoms in total. The highest BCUT2D eigenvalue weighted by Gasteiger charge is 2.22. The van der Waals surface area contributed by atoms with Gasteiger partial charge in [0, 0.05) is 6.07 Å². The number of aromatic nitrogens is 2. The summed E-state index contributed by atoms with van der Waals surface area (Å²) in [6, 6.07) is 1.46. The van der Waals surface area contributed by atoms with E-state index in [0.717, 1.165) is 12.9 Å². The minimum Gasteiger partial charge on any atom is -0.452 e. The van der Waals surface area contributed by atoms with Gasteiger partial charge in [-0.1, -0.05) is 12.1 Å². The van der Waals surface area contributed by atoms with Gasteiger partial charge in [-0.05, 0) is 22.5 Å². The lowest BCUT2D eigenvalue weighted by molar-refractivity contribution is 0.409. The molecule has 2 heterocycles. The molecule has 0 saturated carbocycles. The highest BCUT2D eigenvalue weighted by molar-refractivity contribution is 9.10. The Morgan fingerprint density at radius 3 is 2.85 bits per heavy atom. The van der Waals surface area contributed by atoms with Gasteiger partial charge in [-0.15, -0.1) is 0 Å². The Morgan fingerprint density at radius 2 is 2.20 bits per heavy atom. The van der Waals surface area contributed by atoms with Gasteiger partial charge in [-0.3, -0.25) is 0 Å². The molecule has 0 atom stereocenters. The van der Waals surface area contributed by atoms with Crippen LogP contribution in [0.1, 0.15) is 18.5 Å². The maximum absolute atomic E-state index is 12.1. The summed E-state index contributed by atoms with van der Waals surface area (Å²) in [6.07, 6.45) is 1.13. The van der Waals surface area contributed by atoms with Gasteiger partial charge in [0.25, 0.3) is 0 Å². The Balaban J connectivity index is 2.10. The van der Waals surface area contributed by atoms with E-state index < -0.39 is 10.0 Å². The molecule has 0 spiro atoms. The molecule has 0 saturated heterocycles. The summed E-state index contributed by atoms with van der Waals surface area (Å²) < 4.78 is 36.6. The van der Waals surface area contributed by atoms with Gasteiger partial charge in [-0.25, -0.2) is 13.1 Å². The molecule has 2 N–H and O–H groups in total. The van der Waals surface area contributed by atoms with Crippen molar-refractivity contribution in [2.75, 3.05) is 6.54 Å². The van der Waals surface area contributed by atoms with Gasteiger partial charge in [0.05, 0.1) is 13.1 Å². The summed E-state index contributed by atoms with van der Waals surface area (Å²) in [6.45, 7) is 3.10. The van der Waals surface area contributed by atoms with Crippen LogP contribution in [0.25, 0.3) is 0 Å². The summed E-state index contributed by atoms with van der Waals surface area (Å²) in [5.41, 5.74) is 0. The Morgan fingerprint density at radius 1 is 1.40 bits per heavy atom. The zero-order chi connectivity index (χ0) is 14.6. The average Bonchev–Trinajstić information content (AvgIpc) is 3.03. The van der Waals surface area contributed by atoms with Crippen molar-refractivity contribution < 1.29 is 17.4 Å². The molecule has 2 aromatic rings. The van der Waals surface area contributed by atoms with Gasteiger partial charge >= 0.3 is 0 Å². The second-order valence-corrected chi connectivity index (χ2v) is 6.26. The zero-order valence-corrected chi connectivity index (χ0v) is 13.0. The number of furan rings is 1. The second-order valence-electron chi connectivity index (χ2n) is 3.80. The smallest absolute Gasteiger partial charge is 0.245 e. The van der Waals surface area contributed by atoms with Gasteiger partial charge in [0.15, 0.2) is 10.5 Å². The molecule has 0 aromatic carbocycles. The van der Waals surface area contributed by atoms with Crippen LogP contribution in [0.2, 0.25) is 0 Å². The molecule has 0 radical (unpaired) electrons. The molecule has 20 heavy (non-hydrogen) atoms. The van der Waals surface area contributed by atoms with Crippen molar-refractivity contribution in [2.45, 2.75) is 24.9 Å². The SMILES string of the molecule is CCNCc1cc(S(=O)(=O)NCc2ncon2)c(Br)o1. The van der Waals surface area contributed by atoms with Crippen molar-refractivity contribution >= 4 is 26.0 Å². The van der Waals surface area contributed by atoms with Crippen LogP contribution < -0.4 is 10.0 Å². The molecule has 0 aliphatic heterocycles. The minimum atomic E-state index is -3.71. The highest BCUT2D eigenvalue weighted by Crippen LogP contribution is 2.26. The van der Waals surface area contributed by atoms with Crippen molar-refractivity contribution in [3.8, 4) is 0 Å². The van der Waals surface area contributed by atoms with Crippen molar-refractivity contribution in [1.29, 1.82) is 0 Å². The first-order valence-electron chi connectivity index (χ1n) is 5.76. The molecule has 2 rings (SSSR count). The van der Waals surface area contributed by atoms with Gasteiger partial charge < -0.3 is 14.3 Å². The predicted octanol–water partition coefficient (Wildman–Crippen LogP) is 1.01. The maximum atomic E-state index is 12.1. The molecule has 110 valence electrons. The predicted molar refractivity (Wildman–Crippen MR) is 72.1 cm³/mol. The highest BCUT2D eigenvalue weighted by atomic mass is 79.9. The molecular formula is C10H13BrN4O4S. The molecule has 0 aliphatic rings. The van der Waals surface area contributed by atoms with Crippen LogP contribution in [0.3, 0.4) is 0 Å². The molecule has 0 fully saturated rings. The largest absolute Gasteiger partial charge is 0.452 e. The molecule has 0 amide bonds. The van der Waals surface area contributed by atoms with Gasteiger partial charge in [0.2, 0.25) is 16.4 Å². The van der Waals surface area contributed by atoms with Crippen molar-refractivity contribution in [1.82, 2.24) is 20.2 Å². The van der Waals surface area contributed by atoms with Crippen LogP contribution in [-0.4, -0.2) is 25.1 Å². The fourth-order valence-electron chi connectivity index (χ4n) is 1.42. The summed E-state index contributed by atoms with van der Waals surface area (Å²) in [7, 11) is -3.71. The fraction of sp³-hybridized carbons (Fsp3) is 0.400. The third-order valence-electron chi connectivity index (χ3n) is 2.37. The van der Waals surface area contributed by atoms with Crippen LogP contribution in [0.4, 0.5) is 0 Å². The van der Waals surface area contributed by atoms with E-state index >= 15 is 0 Å². The molecule has 0 bridgehead atoms. The lowest BCUT2D eigenvalue weighted by atomic mass is 10.4. The summed E-state index contributed by atoms with van der Waals surface area (Å²) >= 11 is 3.10. The Labute approximate surface area is 124 Å². The lowest BCUT2D eigenvalue weighted by Gasteiger charge is -2.01. The normalized spacial score (nSPS) is 11.9. The number of rotatable bonds is 7. The van der Waals surface area contributed by atoms with Crippen LogP contribution in [0.15, 0.2) is 31.0 Å². The summed E-state index contributed by atoms with van der Waals surface area (Å²) in [5.74, 6) is 0.778. The number of hydrogen-bond donors (Lipinski definition) is 2. The first kappa shape index (κ1) is 15.2. The zero-order valence-electron chi connectivity index (χ0n) is 10.6. The number of nitrogens with one attached hydrogen (secondary N) is 2. The van der Waals surface area contributed by atoms with E-state index in [1.54, 1.807) is 0 Å². The van der Waals surface area contributed by atoms with E-state index in [4.69, 9.17) is 4.42 Å². The van der Waals surface area contributed by atoms with E-state index in [2.05, 4.69) is 40.6 Å². The maximum Gasteiger partial charge on any atom is 0.245 e. The third-order valence-corrected chi connectivity index (χ3v) is 4.63. The monoisotopic (exact) mass is 364 g/mol. The lowest BCUT2D eigenvalue weighted by Crippen LogP contribution is -2.23. The Kier molecular flexibility index (Phi) is 4.91. The van der Waals surface area contributed by atoms with Crippen LogP contribution in [0, 0.1) is 0 Å². The Bertz CT molecular complexity index is 653. The quantitative estimate of drug-likeness (QED) is 0.754. The van der Waals surface area contributed by atoms with Crippen molar-refractivity contribution in [3.63, 3.8) is 0 Å². The fourth-order valence-corrected chi connectivity index (χ4v) is 3.40. The van der Waals surface area contributed by atoms with Gasteiger partial charge in [-0.2, -0.15) is 4.98 Å². The standard InChI is InChI=1S/C10H13BrN4O4S/c1-2-12-4-7-3-8(10(11)19-7)20(16,17)14-5-9-13-6-18-15-9/h3,6,12,14H,2,4-5H2,1H3. The van der Waals surface area contributed by atoms with Crippen LogP contribution >= 0.6 is 15.9 Å². The van der Waals surface area contributed by atoms with Crippen molar-refractivity contribution in [3.05, 3.63) is 28.7 Å². The number of nitrogens with zero attached hydrogens (tertiary/aromatic N) is 2. The minimum absolute atomic E-state index is 0.0360. The molecule has 10 heteroatoms. The first-order chi connectivity index (χ1) is 9.53. The van der Waals surface area contributed by atoms with E-state index in [-0.39, 0.29) is 21.9 Å². The molecule has 0 unspecified atom stereocenters.